The van der Waals surface area contributed by atoms with Gasteiger partial charge in [-0.1, -0.05) is 23.7 Å². The molecule has 0 aromatic heterocycles. The molecule has 0 spiro atoms. The molecule has 3 rings (SSSR count). The highest BCUT2D eigenvalue weighted by Crippen LogP contribution is 2.53. The molecule has 19 heavy (non-hydrogen) atoms. The molecule has 4 heteroatoms. The second kappa shape index (κ2) is 4.74. The minimum Gasteiger partial charge on any atom is -0.388 e. The Kier molecular flexibility index (Phi) is 3.34. The third kappa shape index (κ3) is 2.00. The molecule has 2 bridgehead atoms. The van der Waals surface area contributed by atoms with Crippen LogP contribution in [0.2, 0.25) is 5.02 Å². The Morgan fingerprint density at radius 1 is 1.53 bits per heavy atom. The summed E-state index contributed by atoms with van der Waals surface area (Å²) < 4.78 is 5.90. The van der Waals surface area contributed by atoms with E-state index in [-0.39, 0.29) is 17.6 Å². The molecule has 0 aliphatic carbocycles. The minimum atomic E-state index is -0.606. The van der Waals surface area contributed by atoms with Crippen molar-refractivity contribution in [2.45, 2.75) is 44.5 Å². The van der Waals surface area contributed by atoms with E-state index < -0.39 is 6.10 Å². The lowest BCUT2D eigenvalue weighted by Gasteiger charge is -2.38. The Morgan fingerprint density at radius 3 is 2.84 bits per heavy atom. The molecule has 2 saturated heterocycles. The fraction of sp³-hybridized carbons (Fsp3) is 0.600. The van der Waals surface area contributed by atoms with Crippen LogP contribution in [0.1, 0.15) is 36.5 Å². The van der Waals surface area contributed by atoms with Crippen LogP contribution in [0.5, 0.6) is 0 Å². The van der Waals surface area contributed by atoms with Crippen LogP contribution in [0.25, 0.3) is 0 Å². The summed E-state index contributed by atoms with van der Waals surface area (Å²) in [7, 11) is 0. The Morgan fingerprint density at radius 2 is 2.32 bits per heavy atom. The predicted molar refractivity (Wildman–Crippen MR) is 75.1 cm³/mol. The maximum absolute atomic E-state index is 10.8. The zero-order valence-electron chi connectivity index (χ0n) is 11.1. The zero-order valence-corrected chi connectivity index (χ0v) is 11.9. The smallest absolute Gasteiger partial charge is 0.0884 e. The van der Waals surface area contributed by atoms with E-state index in [9.17, 15) is 5.11 Å². The van der Waals surface area contributed by atoms with Gasteiger partial charge in [-0.3, -0.25) is 0 Å². The molecule has 0 saturated carbocycles. The fourth-order valence-corrected chi connectivity index (χ4v) is 3.75. The highest BCUT2D eigenvalue weighted by Gasteiger charge is 2.55. The normalized spacial score (nSPS) is 34.7. The molecule has 3 N–H and O–H groups in total. The molecule has 104 valence electrons. The van der Waals surface area contributed by atoms with Crippen molar-refractivity contribution in [2.24, 2.45) is 11.1 Å². The van der Waals surface area contributed by atoms with Crippen molar-refractivity contribution in [2.75, 3.05) is 6.54 Å². The van der Waals surface area contributed by atoms with Crippen LogP contribution < -0.4 is 5.73 Å². The van der Waals surface area contributed by atoms with Crippen LogP contribution in [0.3, 0.4) is 0 Å². The van der Waals surface area contributed by atoms with Crippen LogP contribution in [-0.2, 0) is 4.74 Å². The van der Waals surface area contributed by atoms with E-state index in [1.807, 2.05) is 25.1 Å². The summed E-state index contributed by atoms with van der Waals surface area (Å²) in [6, 6.07) is 5.74. The summed E-state index contributed by atoms with van der Waals surface area (Å²) in [6.07, 6.45) is 2.68. The lowest BCUT2D eigenvalue weighted by Crippen LogP contribution is -2.44. The Bertz CT molecular complexity index is 493. The molecule has 1 aromatic carbocycles. The predicted octanol–water partition coefficient (Wildman–Crippen LogP) is 2.58. The lowest BCUT2D eigenvalue weighted by molar-refractivity contribution is -0.0264. The third-order valence-electron chi connectivity index (χ3n) is 4.79. The van der Waals surface area contributed by atoms with E-state index in [1.165, 1.54) is 0 Å². The summed E-state index contributed by atoms with van der Waals surface area (Å²) >= 11 is 6.16. The average molecular weight is 282 g/mol. The minimum absolute atomic E-state index is 0.0811. The van der Waals surface area contributed by atoms with Gasteiger partial charge in [0.25, 0.3) is 0 Å². The van der Waals surface area contributed by atoms with Crippen molar-refractivity contribution in [1.29, 1.82) is 0 Å². The number of ether oxygens (including phenoxy) is 1. The summed E-state index contributed by atoms with van der Waals surface area (Å²) in [5, 5.41) is 11.5. The Balaban J connectivity index is 1.93. The number of aliphatic hydroxyl groups excluding tert-OH is 1. The summed E-state index contributed by atoms with van der Waals surface area (Å²) in [5.74, 6) is 0. The van der Waals surface area contributed by atoms with Gasteiger partial charge >= 0.3 is 0 Å². The fourth-order valence-electron chi connectivity index (χ4n) is 3.56. The van der Waals surface area contributed by atoms with Crippen LogP contribution in [0, 0.1) is 12.3 Å². The second-order valence-electron chi connectivity index (χ2n) is 5.88. The van der Waals surface area contributed by atoms with Crippen molar-refractivity contribution in [1.82, 2.24) is 0 Å². The van der Waals surface area contributed by atoms with Gasteiger partial charge in [-0.15, -0.1) is 0 Å². The van der Waals surface area contributed by atoms with Gasteiger partial charge in [0.2, 0.25) is 0 Å². The van der Waals surface area contributed by atoms with Gasteiger partial charge in [0.15, 0.2) is 0 Å². The number of rotatable bonds is 3. The van der Waals surface area contributed by atoms with E-state index in [4.69, 9.17) is 22.1 Å². The standard InChI is InChI=1S/C15H20ClNO2/c1-9-2-3-10(6-12(9)16)14(18)15(8-17)7-11-4-5-13(15)19-11/h2-3,6,11,13-14,18H,4-5,7-8,17H2,1H3. The third-order valence-corrected chi connectivity index (χ3v) is 5.20. The SMILES string of the molecule is Cc1ccc(C(O)C2(CN)CC3CCC2O3)cc1Cl. The molecule has 4 unspecified atom stereocenters. The van der Waals surface area contributed by atoms with Crippen LogP contribution >= 0.6 is 11.6 Å². The molecule has 0 amide bonds. The zero-order chi connectivity index (χ0) is 13.6. The molecule has 2 heterocycles. The molecular formula is C15H20ClNO2. The molecule has 2 aliphatic heterocycles. The molecule has 4 atom stereocenters. The maximum atomic E-state index is 10.8. The van der Waals surface area contributed by atoms with Gasteiger partial charge in [0, 0.05) is 17.0 Å². The Hall–Kier alpha value is -0.610. The Labute approximate surface area is 118 Å². The average Bonchev–Trinajstić information content (AvgIpc) is 3.02. The number of hydrogen-bond donors (Lipinski definition) is 2. The summed E-state index contributed by atoms with van der Waals surface area (Å²) in [4.78, 5) is 0. The van der Waals surface area contributed by atoms with Crippen molar-refractivity contribution >= 4 is 11.6 Å². The first-order valence-corrected chi connectivity index (χ1v) is 7.24. The van der Waals surface area contributed by atoms with Gasteiger partial charge < -0.3 is 15.6 Å². The number of halogens is 1. The van der Waals surface area contributed by atoms with E-state index in [2.05, 4.69) is 0 Å². The molecule has 1 aromatic rings. The number of aryl methyl sites for hydroxylation is 1. The van der Waals surface area contributed by atoms with Crippen LogP contribution in [0.15, 0.2) is 18.2 Å². The van der Waals surface area contributed by atoms with Crippen molar-refractivity contribution in [3.63, 3.8) is 0 Å². The number of aliphatic hydroxyl groups is 1. The van der Waals surface area contributed by atoms with Gasteiger partial charge in [-0.25, -0.2) is 0 Å². The largest absolute Gasteiger partial charge is 0.388 e. The monoisotopic (exact) mass is 281 g/mol. The first-order chi connectivity index (χ1) is 9.06. The van der Waals surface area contributed by atoms with Crippen molar-refractivity contribution < 1.29 is 9.84 Å². The first kappa shape index (κ1) is 13.4. The van der Waals surface area contributed by atoms with E-state index in [1.54, 1.807) is 0 Å². The van der Waals surface area contributed by atoms with Crippen LogP contribution in [-0.4, -0.2) is 23.9 Å². The van der Waals surface area contributed by atoms with Gasteiger partial charge in [-0.05, 0) is 43.4 Å². The number of nitrogens with two attached hydrogens (primary N) is 1. The summed E-state index contributed by atoms with van der Waals surface area (Å²) in [6.45, 7) is 2.40. The number of hydrogen-bond acceptors (Lipinski definition) is 3. The number of fused-ring (bicyclic) bond motifs is 2. The number of benzene rings is 1. The van der Waals surface area contributed by atoms with E-state index in [0.717, 1.165) is 30.4 Å². The molecule has 0 radical (unpaired) electrons. The molecular weight excluding hydrogens is 262 g/mol. The van der Waals surface area contributed by atoms with Crippen LogP contribution in [0.4, 0.5) is 0 Å². The van der Waals surface area contributed by atoms with Gasteiger partial charge in [-0.2, -0.15) is 0 Å². The lowest BCUT2D eigenvalue weighted by atomic mass is 9.68. The molecule has 2 aliphatic rings. The van der Waals surface area contributed by atoms with Crippen molar-refractivity contribution in [3.05, 3.63) is 34.3 Å². The highest BCUT2D eigenvalue weighted by molar-refractivity contribution is 6.31. The van der Waals surface area contributed by atoms with Gasteiger partial charge in [0.05, 0.1) is 18.3 Å². The van der Waals surface area contributed by atoms with Crippen molar-refractivity contribution in [3.8, 4) is 0 Å². The molecule has 2 fully saturated rings. The van der Waals surface area contributed by atoms with E-state index >= 15 is 0 Å². The van der Waals surface area contributed by atoms with Gasteiger partial charge in [0.1, 0.15) is 0 Å². The second-order valence-corrected chi connectivity index (χ2v) is 6.28. The topological polar surface area (TPSA) is 55.5 Å². The summed E-state index contributed by atoms with van der Waals surface area (Å²) in [5.41, 5.74) is 7.50. The maximum Gasteiger partial charge on any atom is 0.0884 e. The van der Waals surface area contributed by atoms with E-state index in [0.29, 0.717) is 11.6 Å². The highest BCUT2D eigenvalue weighted by atomic mass is 35.5. The first-order valence-electron chi connectivity index (χ1n) is 6.86. The molecule has 3 nitrogen and oxygen atoms in total. The quantitative estimate of drug-likeness (QED) is 0.895.